The molecule has 0 radical (unpaired) electrons. The Kier molecular flexibility index (Phi) is 9.27. The highest BCUT2D eigenvalue weighted by atomic mass is 35.5. The van der Waals surface area contributed by atoms with Crippen LogP contribution in [-0.4, -0.2) is 52.9 Å². The first-order valence-electron chi connectivity index (χ1n) is 11.5. The quantitative estimate of drug-likeness (QED) is 0.479. The summed E-state index contributed by atoms with van der Waals surface area (Å²) in [5.41, 5.74) is 3.63. The fourth-order valence-electron chi connectivity index (χ4n) is 4.48. The van der Waals surface area contributed by atoms with E-state index in [4.69, 9.17) is 21.4 Å². The third-order valence-corrected chi connectivity index (χ3v) is 6.75. The number of aryl methyl sites for hydroxylation is 2. The number of likely N-dealkylation sites (tertiary alicyclic amines) is 1. The molecule has 180 valence electrons. The predicted octanol–water partition coefficient (Wildman–Crippen LogP) is 4.95. The number of rotatable bonds is 11. The van der Waals surface area contributed by atoms with Gasteiger partial charge in [-0.25, -0.2) is 4.39 Å². The maximum atomic E-state index is 13.8. The number of ether oxygens (including phenoxy) is 1. The Balaban J connectivity index is 1.54. The second-order valence-electron chi connectivity index (χ2n) is 8.94. The van der Waals surface area contributed by atoms with E-state index in [0.29, 0.717) is 24.6 Å². The highest BCUT2D eigenvalue weighted by molar-refractivity contribution is 6.31. The van der Waals surface area contributed by atoms with Gasteiger partial charge in [0.05, 0.1) is 18.8 Å². The van der Waals surface area contributed by atoms with Crippen LogP contribution in [0.2, 0.25) is 5.02 Å². The summed E-state index contributed by atoms with van der Waals surface area (Å²) in [7, 11) is 0. The van der Waals surface area contributed by atoms with E-state index in [-0.39, 0.29) is 13.0 Å². The molecular weight excluding hydrogens is 445 g/mol. The first-order chi connectivity index (χ1) is 15.7. The monoisotopic (exact) mass is 477 g/mol. The number of carbonyl (C=O) groups is 1. The van der Waals surface area contributed by atoms with Crippen molar-refractivity contribution in [1.82, 2.24) is 4.90 Å². The predicted molar refractivity (Wildman–Crippen MR) is 127 cm³/mol. The van der Waals surface area contributed by atoms with Crippen molar-refractivity contribution < 1.29 is 24.1 Å². The zero-order valence-electron chi connectivity index (χ0n) is 19.3. The first kappa shape index (κ1) is 25.6. The average molecular weight is 478 g/mol. The van der Waals surface area contributed by atoms with Gasteiger partial charge in [-0.3, -0.25) is 9.69 Å². The molecular formula is C26H33ClFNO4. The number of benzene rings is 2. The van der Waals surface area contributed by atoms with Gasteiger partial charge in [0.15, 0.2) is 0 Å². The Hall–Kier alpha value is -1.99. The van der Waals surface area contributed by atoms with E-state index < -0.39 is 24.0 Å². The molecule has 1 aliphatic rings. The number of aliphatic hydroxyl groups is 1. The minimum Gasteiger partial charge on any atom is -0.481 e. The van der Waals surface area contributed by atoms with Crippen LogP contribution in [0.25, 0.3) is 0 Å². The fraction of sp³-hybridized carbons (Fsp3) is 0.500. The lowest BCUT2D eigenvalue weighted by atomic mass is 9.99. The Bertz CT molecular complexity index is 954. The van der Waals surface area contributed by atoms with Crippen molar-refractivity contribution in [3.8, 4) is 0 Å². The summed E-state index contributed by atoms with van der Waals surface area (Å²) in [5.74, 6) is -1.29. The summed E-state index contributed by atoms with van der Waals surface area (Å²) in [4.78, 5) is 13.2. The Morgan fingerprint density at radius 2 is 2.09 bits per heavy atom. The molecule has 3 atom stereocenters. The van der Waals surface area contributed by atoms with Crippen molar-refractivity contribution in [3.05, 3.63) is 69.5 Å². The zero-order valence-corrected chi connectivity index (χ0v) is 20.0. The number of hydrogen-bond acceptors (Lipinski definition) is 4. The van der Waals surface area contributed by atoms with E-state index in [1.807, 2.05) is 19.1 Å². The van der Waals surface area contributed by atoms with Crippen molar-refractivity contribution >= 4 is 17.6 Å². The molecule has 0 aliphatic carbocycles. The highest BCUT2D eigenvalue weighted by Crippen LogP contribution is 2.26. The van der Waals surface area contributed by atoms with E-state index in [1.165, 1.54) is 17.7 Å². The molecule has 1 heterocycles. The third kappa shape index (κ3) is 7.51. The van der Waals surface area contributed by atoms with Crippen LogP contribution in [0.15, 0.2) is 36.4 Å². The van der Waals surface area contributed by atoms with Crippen LogP contribution in [0.5, 0.6) is 0 Å². The summed E-state index contributed by atoms with van der Waals surface area (Å²) in [5, 5.41) is 20.4. The zero-order chi connectivity index (χ0) is 24.0. The van der Waals surface area contributed by atoms with Crippen molar-refractivity contribution in [3.63, 3.8) is 0 Å². The van der Waals surface area contributed by atoms with E-state index in [1.54, 1.807) is 13.0 Å². The largest absolute Gasteiger partial charge is 0.481 e. The van der Waals surface area contributed by atoms with Gasteiger partial charge in [0.2, 0.25) is 0 Å². The molecule has 0 aromatic heterocycles. The number of carboxylic acids is 1. The van der Waals surface area contributed by atoms with Crippen molar-refractivity contribution in [2.45, 2.75) is 64.2 Å². The number of aliphatic hydroxyl groups excluding tert-OH is 1. The lowest BCUT2D eigenvalue weighted by Crippen LogP contribution is -2.39. The Morgan fingerprint density at radius 3 is 2.82 bits per heavy atom. The lowest BCUT2D eigenvalue weighted by molar-refractivity contribution is -0.136. The maximum Gasteiger partial charge on any atom is 0.303 e. The maximum absolute atomic E-state index is 13.8. The number of nitrogens with zero attached hydrogens (tertiary/aromatic N) is 1. The van der Waals surface area contributed by atoms with Gasteiger partial charge in [0.25, 0.3) is 0 Å². The van der Waals surface area contributed by atoms with Gasteiger partial charge in [0.1, 0.15) is 5.82 Å². The van der Waals surface area contributed by atoms with Crippen LogP contribution >= 0.6 is 11.6 Å². The molecule has 0 bridgehead atoms. The van der Waals surface area contributed by atoms with E-state index in [9.17, 15) is 14.3 Å². The topological polar surface area (TPSA) is 70.0 Å². The molecule has 2 N–H and O–H groups in total. The average Bonchev–Trinajstić information content (AvgIpc) is 3.19. The van der Waals surface area contributed by atoms with Gasteiger partial charge >= 0.3 is 5.97 Å². The normalized spacial score (nSPS) is 18.4. The van der Waals surface area contributed by atoms with Crippen LogP contribution in [0.1, 0.15) is 54.5 Å². The Morgan fingerprint density at radius 1 is 1.30 bits per heavy atom. The molecule has 1 saturated heterocycles. The molecule has 0 unspecified atom stereocenters. The Labute approximate surface area is 200 Å². The molecule has 0 spiro atoms. The van der Waals surface area contributed by atoms with Crippen molar-refractivity contribution in [2.75, 3.05) is 19.7 Å². The second kappa shape index (κ2) is 11.9. The molecule has 33 heavy (non-hydrogen) atoms. The summed E-state index contributed by atoms with van der Waals surface area (Å²) < 4.78 is 19.7. The van der Waals surface area contributed by atoms with Crippen molar-refractivity contribution in [2.24, 2.45) is 0 Å². The van der Waals surface area contributed by atoms with Gasteiger partial charge in [-0.1, -0.05) is 29.8 Å². The summed E-state index contributed by atoms with van der Waals surface area (Å²) in [6, 6.07) is 10.8. The second-order valence-corrected chi connectivity index (χ2v) is 9.35. The molecule has 0 amide bonds. The molecule has 1 aliphatic heterocycles. The number of β-amino-alcohol motifs (C(OH)–C–C–N with tert-alkyl or cyclic N) is 1. The summed E-state index contributed by atoms with van der Waals surface area (Å²) in [6.07, 6.45) is 2.20. The molecule has 5 nitrogen and oxygen atoms in total. The van der Waals surface area contributed by atoms with Crippen molar-refractivity contribution in [1.29, 1.82) is 0 Å². The minimum absolute atomic E-state index is 0.0312. The van der Waals surface area contributed by atoms with E-state index >= 15 is 0 Å². The minimum atomic E-state index is -0.901. The van der Waals surface area contributed by atoms with E-state index in [2.05, 4.69) is 11.0 Å². The summed E-state index contributed by atoms with van der Waals surface area (Å²) >= 11 is 6.27. The molecule has 2 aromatic rings. The van der Waals surface area contributed by atoms with Crippen LogP contribution in [-0.2, 0) is 22.4 Å². The van der Waals surface area contributed by atoms with Crippen LogP contribution in [0.3, 0.4) is 0 Å². The van der Waals surface area contributed by atoms with E-state index in [0.717, 1.165) is 42.0 Å². The first-order valence-corrected chi connectivity index (χ1v) is 11.9. The third-order valence-electron chi connectivity index (χ3n) is 6.34. The van der Waals surface area contributed by atoms with Crippen LogP contribution in [0, 0.1) is 12.7 Å². The standard InChI is InChI=1S/C26H33ClFNO4/c1-17-5-6-19(13-25(17)27)12-22-4-3-11-29(22)15-23(30)16-33-18(2)24-14-21(28)9-7-20(24)8-10-26(31)32/h5-7,9,13-14,18,22-23,30H,3-4,8,10-12,15-16H2,1-2H3,(H,31,32)/t18-,22+,23-/m1/s1. The highest BCUT2D eigenvalue weighted by Gasteiger charge is 2.27. The fourth-order valence-corrected chi connectivity index (χ4v) is 4.69. The molecule has 2 aromatic carbocycles. The van der Waals surface area contributed by atoms with Crippen LogP contribution < -0.4 is 0 Å². The molecule has 0 saturated carbocycles. The van der Waals surface area contributed by atoms with Gasteiger partial charge in [0, 0.05) is 24.0 Å². The number of carboxylic acid groups (broad SMARTS) is 1. The number of aliphatic carboxylic acids is 1. The smallest absolute Gasteiger partial charge is 0.303 e. The van der Waals surface area contributed by atoms with Gasteiger partial charge in [-0.15, -0.1) is 0 Å². The lowest BCUT2D eigenvalue weighted by Gasteiger charge is -2.28. The molecule has 1 fully saturated rings. The number of hydrogen-bond donors (Lipinski definition) is 2. The molecule has 7 heteroatoms. The molecule has 3 rings (SSSR count). The van der Waals surface area contributed by atoms with Gasteiger partial charge in [-0.2, -0.15) is 0 Å². The van der Waals surface area contributed by atoms with Crippen LogP contribution in [0.4, 0.5) is 4.39 Å². The van der Waals surface area contributed by atoms with Gasteiger partial charge in [-0.05, 0) is 86.5 Å². The SMILES string of the molecule is Cc1ccc(C[C@@H]2CCCN2C[C@@H](O)CO[C@H](C)c2cc(F)ccc2CCC(=O)O)cc1Cl. The van der Waals surface area contributed by atoms with Gasteiger partial charge < -0.3 is 14.9 Å². The number of halogens is 2. The summed E-state index contributed by atoms with van der Waals surface area (Å²) in [6.45, 7) is 5.34.